The predicted octanol–water partition coefficient (Wildman–Crippen LogP) is 4.16. The molecule has 1 heterocycles. The van der Waals surface area contributed by atoms with Gasteiger partial charge < -0.3 is 0 Å². The minimum Gasteiger partial charge on any atom is -0.227 e. The van der Waals surface area contributed by atoms with Crippen molar-refractivity contribution in [1.29, 1.82) is 0 Å². The van der Waals surface area contributed by atoms with Crippen LogP contribution in [0.3, 0.4) is 0 Å². The zero-order valence-corrected chi connectivity index (χ0v) is 10.9. The molecule has 0 spiro atoms. The van der Waals surface area contributed by atoms with Gasteiger partial charge in [0.25, 0.3) is 0 Å². The summed E-state index contributed by atoms with van der Waals surface area (Å²) in [5, 5.41) is 0. The lowest BCUT2D eigenvalue weighted by atomic mass is 9.83. The van der Waals surface area contributed by atoms with Gasteiger partial charge in [-0.15, -0.1) is 0 Å². The van der Waals surface area contributed by atoms with E-state index in [1.54, 1.807) is 6.20 Å². The van der Waals surface area contributed by atoms with Crippen molar-refractivity contribution in [2.75, 3.05) is 0 Å². The first kappa shape index (κ1) is 11.1. The van der Waals surface area contributed by atoms with Crippen LogP contribution in [0.5, 0.6) is 0 Å². The van der Waals surface area contributed by atoms with Crippen molar-refractivity contribution in [2.45, 2.75) is 44.9 Å². The summed E-state index contributed by atoms with van der Waals surface area (Å²) in [4.78, 5) is 3.80. The van der Waals surface area contributed by atoms with Crippen molar-refractivity contribution < 1.29 is 4.39 Å². The Morgan fingerprint density at radius 1 is 1.40 bits per heavy atom. The molecule has 82 valence electrons. The number of hydrogen-bond donors (Lipinski definition) is 0. The summed E-state index contributed by atoms with van der Waals surface area (Å²) >= 11 is 3.33. The van der Waals surface area contributed by atoms with E-state index in [1.807, 2.05) is 0 Å². The highest BCUT2D eigenvalue weighted by Gasteiger charge is 2.32. The molecule has 2 rings (SSSR count). The lowest BCUT2D eigenvalue weighted by molar-refractivity contribution is 0.536. The monoisotopic (exact) mass is 271 g/mol. The van der Waals surface area contributed by atoms with Gasteiger partial charge in [0.15, 0.2) is 0 Å². The van der Waals surface area contributed by atoms with E-state index in [0.717, 1.165) is 5.56 Å². The van der Waals surface area contributed by atoms with E-state index >= 15 is 0 Å². The molecule has 0 N–H and O–H groups in total. The minimum absolute atomic E-state index is 0.0411. The van der Waals surface area contributed by atoms with Crippen LogP contribution >= 0.6 is 15.9 Å². The number of halogens is 2. The Morgan fingerprint density at radius 3 is 2.47 bits per heavy atom. The maximum absolute atomic E-state index is 13.4. The van der Waals surface area contributed by atoms with E-state index in [4.69, 9.17) is 0 Å². The van der Waals surface area contributed by atoms with Crippen molar-refractivity contribution in [3.05, 3.63) is 27.7 Å². The van der Waals surface area contributed by atoms with Gasteiger partial charge in [0.2, 0.25) is 5.95 Å². The average molecular weight is 272 g/mol. The van der Waals surface area contributed by atoms with Gasteiger partial charge >= 0.3 is 0 Å². The Kier molecular flexibility index (Phi) is 2.61. The molecule has 15 heavy (non-hydrogen) atoms. The predicted molar refractivity (Wildman–Crippen MR) is 62.6 cm³/mol. The molecule has 0 saturated heterocycles. The fourth-order valence-corrected chi connectivity index (χ4v) is 2.87. The summed E-state index contributed by atoms with van der Waals surface area (Å²) in [6, 6.07) is 0. The van der Waals surface area contributed by atoms with Gasteiger partial charge in [-0.05, 0) is 51.2 Å². The Hall–Kier alpha value is -0.440. The topological polar surface area (TPSA) is 12.9 Å². The van der Waals surface area contributed by atoms with Crippen LogP contribution in [0.2, 0.25) is 0 Å². The van der Waals surface area contributed by atoms with E-state index in [1.165, 1.54) is 18.4 Å². The van der Waals surface area contributed by atoms with Crippen LogP contribution in [0.25, 0.3) is 0 Å². The van der Waals surface area contributed by atoms with Crippen LogP contribution in [0, 0.1) is 5.95 Å². The average Bonchev–Trinajstić information content (AvgIpc) is 2.90. The Morgan fingerprint density at radius 2 is 2.00 bits per heavy atom. The summed E-state index contributed by atoms with van der Waals surface area (Å²) in [7, 11) is 0. The molecule has 1 aromatic rings. The molecule has 0 amide bonds. The lowest BCUT2D eigenvalue weighted by Gasteiger charge is -2.24. The molecule has 1 nitrogen and oxygen atoms in total. The van der Waals surface area contributed by atoms with E-state index in [0.29, 0.717) is 10.4 Å². The second-order valence-corrected chi connectivity index (χ2v) is 6.01. The quantitative estimate of drug-likeness (QED) is 0.699. The SMILES string of the molecule is CC(C)(C)c1c(C2CC2)cnc(F)c1Br. The second-order valence-electron chi connectivity index (χ2n) is 5.22. The van der Waals surface area contributed by atoms with Crippen molar-refractivity contribution in [3.63, 3.8) is 0 Å². The fraction of sp³-hybridized carbons (Fsp3) is 0.583. The third-order valence-electron chi connectivity index (χ3n) is 2.77. The highest BCUT2D eigenvalue weighted by atomic mass is 79.9. The summed E-state index contributed by atoms with van der Waals surface area (Å²) in [5.74, 6) is 0.202. The van der Waals surface area contributed by atoms with Crippen LogP contribution in [0.15, 0.2) is 10.7 Å². The van der Waals surface area contributed by atoms with Crippen LogP contribution in [-0.2, 0) is 5.41 Å². The number of hydrogen-bond acceptors (Lipinski definition) is 1. The van der Waals surface area contributed by atoms with Crippen molar-refractivity contribution >= 4 is 15.9 Å². The molecule has 0 aromatic carbocycles. The van der Waals surface area contributed by atoms with E-state index in [-0.39, 0.29) is 5.41 Å². The Labute approximate surface area is 98.2 Å². The highest BCUT2D eigenvalue weighted by molar-refractivity contribution is 9.10. The first-order valence-corrected chi connectivity index (χ1v) is 6.05. The van der Waals surface area contributed by atoms with E-state index < -0.39 is 5.95 Å². The normalized spacial score (nSPS) is 16.9. The minimum atomic E-state index is -0.399. The van der Waals surface area contributed by atoms with Gasteiger partial charge in [0.05, 0.1) is 4.47 Å². The molecule has 1 saturated carbocycles. The number of rotatable bonds is 1. The number of nitrogens with zero attached hydrogens (tertiary/aromatic N) is 1. The van der Waals surface area contributed by atoms with Crippen molar-refractivity contribution in [1.82, 2.24) is 4.98 Å². The first-order valence-electron chi connectivity index (χ1n) is 5.25. The van der Waals surface area contributed by atoms with Crippen molar-refractivity contribution in [2.24, 2.45) is 0 Å². The van der Waals surface area contributed by atoms with E-state index in [9.17, 15) is 4.39 Å². The molecule has 1 aromatic heterocycles. The van der Waals surface area contributed by atoms with Gasteiger partial charge in [-0.25, -0.2) is 4.98 Å². The zero-order valence-electron chi connectivity index (χ0n) is 9.27. The van der Waals surface area contributed by atoms with Crippen LogP contribution < -0.4 is 0 Å². The van der Waals surface area contributed by atoms with Gasteiger partial charge in [-0.3, -0.25) is 0 Å². The van der Waals surface area contributed by atoms with Gasteiger partial charge in [-0.1, -0.05) is 20.8 Å². The molecule has 1 aliphatic rings. The summed E-state index contributed by atoms with van der Waals surface area (Å²) in [6.07, 6.45) is 4.13. The van der Waals surface area contributed by atoms with Gasteiger partial charge in [-0.2, -0.15) is 4.39 Å². The first-order chi connectivity index (χ1) is 6.91. The Bertz CT molecular complexity index is 391. The van der Waals surface area contributed by atoms with E-state index in [2.05, 4.69) is 41.7 Å². The summed E-state index contributed by atoms with van der Waals surface area (Å²) in [5.41, 5.74) is 2.26. The molecular formula is C12H15BrFN. The molecule has 3 heteroatoms. The van der Waals surface area contributed by atoms with Crippen LogP contribution in [0.1, 0.15) is 50.7 Å². The molecule has 0 unspecified atom stereocenters. The molecule has 0 bridgehead atoms. The fourth-order valence-electron chi connectivity index (χ4n) is 1.94. The smallest absolute Gasteiger partial charge is 0.227 e. The third-order valence-corrected chi connectivity index (χ3v) is 3.50. The molecule has 1 aliphatic carbocycles. The number of pyridine rings is 1. The second kappa shape index (κ2) is 3.55. The zero-order chi connectivity index (χ0) is 11.2. The molecule has 1 fully saturated rings. The molecular weight excluding hydrogens is 257 g/mol. The lowest BCUT2D eigenvalue weighted by Crippen LogP contribution is -2.16. The highest BCUT2D eigenvalue weighted by Crippen LogP contribution is 2.46. The molecule has 0 aliphatic heterocycles. The third kappa shape index (κ3) is 2.07. The maximum atomic E-state index is 13.4. The standard InChI is InChI=1S/C12H15BrFN/c1-12(2,3)9-8(7-4-5-7)6-15-11(14)10(9)13/h6-7H,4-5H2,1-3H3. The summed E-state index contributed by atoms with van der Waals surface area (Å²) < 4.78 is 14.0. The van der Waals surface area contributed by atoms with Gasteiger partial charge in [0.1, 0.15) is 0 Å². The van der Waals surface area contributed by atoms with Gasteiger partial charge in [0, 0.05) is 6.20 Å². The summed E-state index contributed by atoms with van der Waals surface area (Å²) in [6.45, 7) is 6.33. The van der Waals surface area contributed by atoms with Crippen LogP contribution in [-0.4, -0.2) is 4.98 Å². The van der Waals surface area contributed by atoms with Crippen LogP contribution in [0.4, 0.5) is 4.39 Å². The molecule has 0 radical (unpaired) electrons. The van der Waals surface area contributed by atoms with Crippen molar-refractivity contribution in [3.8, 4) is 0 Å². The molecule has 0 atom stereocenters. The largest absolute Gasteiger partial charge is 0.227 e. The number of aromatic nitrogens is 1. The maximum Gasteiger partial charge on any atom is 0.227 e. The Balaban J connectivity index is 2.60.